The van der Waals surface area contributed by atoms with E-state index in [1.807, 2.05) is 30.3 Å². The molecule has 4 nitrogen and oxygen atoms in total. The Morgan fingerprint density at radius 2 is 2.10 bits per heavy atom. The van der Waals surface area contributed by atoms with Gasteiger partial charge in [0, 0.05) is 28.5 Å². The number of carbonyl (C=O) groups is 1. The predicted octanol–water partition coefficient (Wildman–Crippen LogP) is 4.09. The van der Waals surface area contributed by atoms with Gasteiger partial charge < -0.3 is 10.6 Å². The van der Waals surface area contributed by atoms with Gasteiger partial charge in [-0.3, -0.25) is 4.79 Å². The molecule has 0 atom stereocenters. The summed E-state index contributed by atoms with van der Waals surface area (Å²) in [5.41, 5.74) is 2.29. The van der Waals surface area contributed by atoms with Crippen molar-refractivity contribution < 1.29 is 4.79 Å². The van der Waals surface area contributed by atoms with Crippen LogP contribution in [0, 0.1) is 0 Å². The third-order valence-electron chi connectivity index (χ3n) is 2.99. The third kappa shape index (κ3) is 4.29. The van der Waals surface area contributed by atoms with E-state index in [-0.39, 0.29) is 5.91 Å². The first-order valence-electron chi connectivity index (χ1n) is 6.88. The molecule has 0 fully saturated rings. The monoisotopic (exact) mass is 347 g/mol. The Bertz CT molecular complexity index is 643. The van der Waals surface area contributed by atoms with E-state index in [1.165, 1.54) is 0 Å². The minimum absolute atomic E-state index is 0.135. The van der Waals surface area contributed by atoms with E-state index < -0.39 is 0 Å². The second kappa shape index (κ2) is 7.22. The van der Waals surface area contributed by atoms with Crippen LogP contribution in [0.5, 0.6) is 0 Å². The maximum atomic E-state index is 12.4. The SMILES string of the molecule is CCCc1cc(C(=O)Nc2cccc(Br)c2)cc(NC)n1. The van der Waals surface area contributed by atoms with Crippen molar-refractivity contribution in [3.63, 3.8) is 0 Å². The van der Waals surface area contributed by atoms with Crippen LogP contribution >= 0.6 is 15.9 Å². The summed E-state index contributed by atoms with van der Waals surface area (Å²) in [6.45, 7) is 2.09. The molecule has 0 unspecified atom stereocenters. The van der Waals surface area contributed by atoms with Crippen molar-refractivity contribution in [3.05, 3.63) is 52.1 Å². The average Bonchev–Trinajstić information content (AvgIpc) is 2.47. The standard InChI is InChI=1S/C16H18BrN3O/c1-3-5-13-8-11(9-15(18-2)19-13)16(21)20-14-7-4-6-12(17)10-14/h4,6-10H,3,5H2,1-2H3,(H,18,19)(H,20,21). The van der Waals surface area contributed by atoms with Crippen molar-refractivity contribution in [1.82, 2.24) is 4.98 Å². The zero-order chi connectivity index (χ0) is 15.2. The van der Waals surface area contributed by atoms with Crippen molar-refractivity contribution in [2.75, 3.05) is 17.7 Å². The van der Waals surface area contributed by atoms with Gasteiger partial charge in [0.25, 0.3) is 5.91 Å². The third-order valence-corrected chi connectivity index (χ3v) is 3.48. The van der Waals surface area contributed by atoms with Gasteiger partial charge >= 0.3 is 0 Å². The van der Waals surface area contributed by atoms with E-state index in [0.29, 0.717) is 11.4 Å². The van der Waals surface area contributed by atoms with Crippen LogP contribution in [-0.4, -0.2) is 17.9 Å². The molecule has 21 heavy (non-hydrogen) atoms. The normalized spacial score (nSPS) is 10.2. The largest absolute Gasteiger partial charge is 0.373 e. The average molecular weight is 348 g/mol. The van der Waals surface area contributed by atoms with Crippen LogP contribution < -0.4 is 10.6 Å². The first kappa shape index (κ1) is 15.5. The lowest BCUT2D eigenvalue weighted by Gasteiger charge is -2.09. The van der Waals surface area contributed by atoms with Gasteiger partial charge in [0.2, 0.25) is 0 Å². The van der Waals surface area contributed by atoms with Crippen LogP contribution in [0.15, 0.2) is 40.9 Å². The molecule has 5 heteroatoms. The van der Waals surface area contributed by atoms with Gasteiger partial charge in [-0.15, -0.1) is 0 Å². The maximum Gasteiger partial charge on any atom is 0.255 e. The van der Waals surface area contributed by atoms with Crippen molar-refractivity contribution in [3.8, 4) is 0 Å². The van der Waals surface area contributed by atoms with Crippen molar-refractivity contribution in [1.29, 1.82) is 0 Å². The van der Waals surface area contributed by atoms with Gasteiger partial charge in [-0.1, -0.05) is 35.3 Å². The summed E-state index contributed by atoms with van der Waals surface area (Å²) in [6.07, 6.45) is 1.85. The number of nitrogens with zero attached hydrogens (tertiary/aromatic N) is 1. The number of nitrogens with one attached hydrogen (secondary N) is 2. The van der Waals surface area contributed by atoms with Gasteiger partial charge in [0.05, 0.1) is 0 Å². The van der Waals surface area contributed by atoms with Crippen LogP contribution in [0.4, 0.5) is 11.5 Å². The van der Waals surface area contributed by atoms with E-state index in [0.717, 1.165) is 28.7 Å². The van der Waals surface area contributed by atoms with Crippen LogP contribution in [0.1, 0.15) is 29.4 Å². The van der Waals surface area contributed by atoms with Crippen LogP contribution in [0.2, 0.25) is 0 Å². The fraction of sp³-hybridized carbons (Fsp3) is 0.250. The van der Waals surface area contributed by atoms with E-state index in [4.69, 9.17) is 0 Å². The number of carbonyl (C=O) groups excluding carboxylic acids is 1. The number of pyridine rings is 1. The molecule has 1 aromatic heterocycles. The lowest BCUT2D eigenvalue weighted by atomic mass is 10.1. The second-order valence-electron chi connectivity index (χ2n) is 4.70. The molecule has 0 aliphatic carbocycles. The lowest BCUT2D eigenvalue weighted by Crippen LogP contribution is -2.13. The highest BCUT2D eigenvalue weighted by atomic mass is 79.9. The zero-order valence-corrected chi connectivity index (χ0v) is 13.7. The minimum Gasteiger partial charge on any atom is -0.373 e. The summed E-state index contributed by atoms with van der Waals surface area (Å²) >= 11 is 3.39. The summed E-state index contributed by atoms with van der Waals surface area (Å²) < 4.78 is 0.928. The first-order valence-corrected chi connectivity index (χ1v) is 7.67. The van der Waals surface area contributed by atoms with E-state index >= 15 is 0 Å². The molecule has 0 aliphatic rings. The molecule has 2 aromatic rings. The van der Waals surface area contributed by atoms with Crippen molar-refractivity contribution in [2.45, 2.75) is 19.8 Å². The Kier molecular flexibility index (Phi) is 5.33. The number of aromatic nitrogens is 1. The molecule has 0 saturated heterocycles. The lowest BCUT2D eigenvalue weighted by molar-refractivity contribution is 0.102. The van der Waals surface area contributed by atoms with Gasteiger partial charge in [-0.25, -0.2) is 4.98 Å². The number of benzene rings is 1. The molecule has 0 spiro atoms. The number of amides is 1. The summed E-state index contributed by atoms with van der Waals surface area (Å²) in [6, 6.07) is 11.1. The molecule has 0 aliphatic heterocycles. The smallest absolute Gasteiger partial charge is 0.255 e. The molecule has 110 valence electrons. The Hall–Kier alpha value is -1.88. The van der Waals surface area contributed by atoms with Gasteiger partial charge in [-0.2, -0.15) is 0 Å². The van der Waals surface area contributed by atoms with E-state index in [2.05, 4.69) is 38.5 Å². The molecular formula is C16H18BrN3O. The van der Waals surface area contributed by atoms with E-state index in [9.17, 15) is 4.79 Å². The predicted molar refractivity (Wildman–Crippen MR) is 89.9 cm³/mol. The highest BCUT2D eigenvalue weighted by Gasteiger charge is 2.10. The topological polar surface area (TPSA) is 54.0 Å². The summed E-state index contributed by atoms with van der Waals surface area (Å²) in [7, 11) is 1.80. The second-order valence-corrected chi connectivity index (χ2v) is 5.61. The quantitative estimate of drug-likeness (QED) is 0.856. The molecule has 2 N–H and O–H groups in total. The first-order chi connectivity index (χ1) is 10.1. The molecule has 1 heterocycles. The molecule has 1 aromatic carbocycles. The fourth-order valence-electron chi connectivity index (χ4n) is 2.00. The van der Waals surface area contributed by atoms with Crippen LogP contribution in [0.3, 0.4) is 0 Å². The van der Waals surface area contributed by atoms with Gasteiger partial charge in [0.1, 0.15) is 5.82 Å². The number of aryl methyl sites for hydroxylation is 1. The number of anilines is 2. The van der Waals surface area contributed by atoms with Crippen molar-refractivity contribution >= 4 is 33.3 Å². The molecule has 0 radical (unpaired) electrons. The van der Waals surface area contributed by atoms with Crippen molar-refractivity contribution in [2.24, 2.45) is 0 Å². The Balaban J connectivity index is 2.23. The molecular weight excluding hydrogens is 330 g/mol. The summed E-state index contributed by atoms with van der Waals surface area (Å²) in [4.78, 5) is 16.8. The van der Waals surface area contributed by atoms with Gasteiger partial charge in [0.15, 0.2) is 0 Å². The maximum absolute atomic E-state index is 12.4. The van der Waals surface area contributed by atoms with Crippen LogP contribution in [-0.2, 0) is 6.42 Å². The number of hydrogen-bond donors (Lipinski definition) is 2. The molecule has 0 bridgehead atoms. The highest BCUT2D eigenvalue weighted by Crippen LogP contribution is 2.18. The van der Waals surface area contributed by atoms with Crippen LogP contribution in [0.25, 0.3) is 0 Å². The Morgan fingerprint density at radius 3 is 2.76 bits per heavy atom. The highest BCUT2D eigenvalue weighted by molar-refractivity contribution is 9.10. The number of rotatable bonds is 5. The number of hydrogen-bond acceptors (Lipinski definition) is 3. The summed E-state index contributed by atoms with van der Waals surface area (Å²) in [5, 5.41) is 5.89. The number of halogens is 1. The summed E-state index contributed by atoms with van der Waals surface area (Å²) in [5.74, 6) is 0.574. The minimum atomic E-state index is -0.135. The molecule has 0 saturated carbocycles. The Morgan fingerprint density at radius 1 is 1.29 bits per heavy atom. The Labute approximate surface area is 133 Å². The zero-order valence-electron chi connectivity index (χ0n) is 12.1. The molecule has 2 rings (SSSR count). The van der Waals surface area contributed by atoms with Gasteiger partial charge in [-0.05, 0) is 36.8 Å². The fourth-order valence-corrected chi connectivity index (χ4v) is 2.40. The molecule has 1 amide bonds. The van der Waals surface area contributed by atoms with E-state index in [1.54, 1.807) is 13.1 Å².